The van der Waals surface area contributed by atoms with E-state index < -0.39 is 26.2 Å². The van der Waals surface area contributed by atoms with Crippen molar-refractivity contribution in [2.75, 3.05) is 17.7 Å². The largest absolute Gasteiger partial charge is 0.421 e. The van der Waals surface area contributed by atoms with Crippen molar-refractivity contribution in [3.05, 3.63) is 77.2 Å². The van der Waals surface area contributed by atoms with E-state index in [-0.39, 0.29) is 48.4 Å². The van der Waals surface area contributed by atoms with Gasteiger partial charge < -0.3 is 25.2 Å². The number of hydrogen-bond donors (Lipinski definition) is 3. The third kappa shape index (κ3) is 6.58. The number of aliphatic hydroxyl groups is 1. The second-order valence-corrected chi connectivity index (χ2v) is 11.7. The van der Waals surface area contributed by atoms with Gasteiger partial charge in [0.2, 0.25) is 5.95 Å². The van der Waals surface area contributed by atoms with Gasteiger partial charge in [-0.15, -0.1) is 0 Å². The van der Waals surface area contributed by atoms with E-state index in [0.717, 1.165) is 29.5 Å². The number of carbonyl (C=O) groups is 1. The molecule has 1 fully saturated rings. The summed E-state index contributed by atoms with van der Waals surface area (Å²) in [5.74, 6) is -0.919. The molecule has 1 atom stereocenters. The number of rotatable bonds is 9. The van der Waals surface area contributed by atoms with Crippen LogP contribution in [-0.2, 0) is 28.4 Å². The fraction of sp³-hybridized carbons (Fsp3) is 0.333. The molecule has 3 heterocycles. The molecule has 0 bridgehead atoms. The van der Waals surface area contributed by atoms with E-state index in [9.17, 15) is 27.6 Å². The maximum Gasteiger partial charge on any atom is 0.421 e. The lowest BCUT2D eigenvalue weighted by Crippen LogP contribution is -2.21. The van der Waals surface area contributed by atoms with Gasteiger partial charge in [0.25, 0.3) is 5.91 Å². The Balaban J connectivity index is 1.31. The molecule has 45 heavy (non-hydrogen) atoms. The van der Waals surface area contributed by atoms with Gasteiger partial charge in [-0.1, -0.05) is 18.2 Å². The molecule has 11 nitrogen and oxygen atoms in total. The van der Waals surface area contributed by atoms with Crippen LogP contribution in [0, 0.1) is 0 Å². The summed E-state index contributed by atoms with van der Waals surface area (Å²) in [5, 5.41) is 20.1. The highest BCUT2D eigenvalue weighted by Gasteiger charge is 2.37. The van der Waals surface area contributed by atoms with Crippen molar-refractivity contribution in [1.29, 1.82) is 0 Å². The number of alkyl halides is 3. The molecule has 2 aliphatic rings. The van der Waals surface area contributed by atoms with Crippen LogP contribution in [0.2, 0.25) is 0 Å². The van der Waals surface area contributed by atoms with Crippen LogP contribution in [0.4, 0.5) is 36.3 Å². The maximum absolute atomic E-state index is 14.1. The fourth-order valence-corrected chi connectivity index (χ4v) is 6.01. The minimum Gasteiger partial charge on any atom is -0.393 e. The van der Waals surface area contributed by atoms with Crippen LogP contribution in [0.5, 0.6) is 0 Å². The molecule has 2 aromatic carbocycles. The summed E-state index contributed by atoms with van der Waals surface area (Å²) in [6, 6.07) is 10.3. The molecule has 0 saturated heterocycles. The normalized spacial score (nSPS) is 18.5. The Bertz CT molecular complexity index is 1720. The third-order valence-electron chi connectivity index (χ3n) is 8.10. The van der Waals surface area contributed by atoms with Crippen molar-refractivity contribution >= 4 is 37.7 Å². The quantitative estimate of drug-likeness (QED) is 0.186. The second-order valence-electron chi connectivity index (χ2n) is 11.2. The molecule has 1 amide bonds. The lowest BCUT2D eigenvalue weighted by atomic mass is 9.93. The first-order valence-electron chi connectivity index (χ1n) is 14.4. The second kappa shape index (κ2) is 12.6. The van der Waals surface area contributed by atoms with E-state index in [1.807, 2.05) is 10.9 Å². The zero-order chi connectivity index (χ0) is 31.7. The lowest BCUT2D eigenvalue weighted by molar-refractivity contribution is -0.137. The number of anilines is 4. The van der Waals surface area contributed by atoms with Crippen molar-refractivity contribution in [1.82, 2.24) is 24.6 Å². The molecule has 1 unspecified atom stereocenters. The molecule has 1 saturated carbocycles. The Hall–Kier alpha value is -4.26. The summed E-state index contributed by atoms with van der Waals surface area (Å²) in [4.78, 5) is 22.8. The van der Waals surface area contributed by atoms with Gasteiger partial charge in [-0.05, 0) is 60.6 Å². The topological polar surface area (TPSA) is 135 Å². The summed E-state index contributed by atoms with van der Waals surface area (Å²) in [5.41, 5.74) is 2.90. The van der Waals surface area contributed by atoms with Gasteiger partial charge in [0.05, 0.1) is 36.2 Å². The van der Waals surface area contributed by atoms with Gasteiger partial charge in [0.1, 0.15) is 11.4 Å². The van der Waals surface area contributed by atoms with E-state index in [2.05, 4.69) is 25.7 Å². The van der Waals surface area contributed by atoms with Gasteiger partial charge >= 0.3 is 6.18 Å². The Kier molecular flexibility index (Phi) is 8.63. The smallest absolute Gasteiger partial charge is 0.393 e. The van der Waals surface area contributed by atoms with Gasteiger partial charge in [0.15, 0.2) is 8.69 Å². The molecule has 6 rings (SSSR count). The number of nitrogens with zero attached hydrogens (tertiary/aromatic N) is 5. The van der Waals surface area contributed by atoms with E-state index in [1.165, 1.54) is 4.90 Å². The number of halogens is 3. The van der Waals surface area contributed by atoms with Crippen LogP contribution in [0.1, 0.15) is 58.8 Å². The molecule has 1 aliphatic carbocycles. The minimum atomic E-state index is -4.76. The first kappa shape index (κ1) is 30.8. The first-order valence-corrected chi connectivity index (χ1v) is 15.3. The number of aliphatic hydroxyl groups excluding tert-OH is 1. The third-order valence-corrected chi connectivity index (χ3v) is 8.40. The van der Waals surface area contributed by atoms with E-state index in [1.54, 1.807) is 49.6 Å². The van der Waals surface area contributed by atoms with Crippen LogP contribution in [0.25, 0.3) is 11.1 Å². The molecule has 4 aromatic rings. The van der Waals surface area contributed by atoms with Gasteiger partial charge in [-0.3, -0.25) is 14.0 Å². The predicted octanol–water partition coefficient (Wildman–Crippen LogP) is 6.10. The number of aromatic nitrogens is 4. The summed E-state index contributed by atoms with van der Waals surface area (Å²) in [7, 11) is 0.303. The molecule has 0 spiro atoms. The zero-order valence-corrected chi connectivity index (χ0v) is 25.4. The van der Waals surface area contributed by atoms with Crippen LogP contribution >= 0.6 is 8.69 Å². The summed E-state index contributed by atoms with van der Waals surface area (Å²) < 4.78 is 59.6. The Morgan fingerprint density at radius 2 is 1.82 bits per heavy atom. The lowest BCUT2D eigenvalue weighted by Gasteiger charge is -2.25. The van der Waals surface area contributed by atoms with E-state index in [4.69, 9.17) is 4.52 Å². The number of nitrogens with one attached hydrogen (secondary N) is 2. The minimum absolute atomic E-state index is 0.0853. The molecule has 3 N–H and O–H groups in total. The highest BCUT2D eigenvalue weighted by atomic mass is 31.1. The molecular formula is C30H31F3N7O4P. The zero-order valence-electron chi connectivity index (χ0n) is 24.2. The molecule has 0 radical (unpaired) electrons. The predicted molar refractivity (Wildman–Crippen MR) is 162 cm³/mol. The van der Waals surface area contributed by atoms with Crippen molar-refractivity contribution in [2.24, 2.45) is 0 Å². The van der Waals surface area contributed by atoms with Crippen LogP contribution in [0.3, 0.4) is 0 Å². The fourth-order valence-electron chi connectivity index (χ4n) is 5.75. The van der Waals surface area contributed by atoms with Crippen LogP contribution < -0.4 is 10.6 Å². The number of amides is 1. The van der Waals surface area contributed by atoms with Crippen molar-refractivity contribution in [3.63, 3.8) is 0 Å². The molecule has 1 aliphatic heterocycles. The first-order chi connectivity index (χ1) is 21.6. The molecule has 2 aromatic heterocycles. The Labute approximate surface area is 257 Å². The van der Waals surface area contributed by atoms with Crippen LogP contribution in [-0.4, -0.2) is 48.8 Å². The molecule has 236 valence electrons. The van der Waals surface area contributed by atoms with E-state index in [0.29, 0.717) is 30.3 Å². The Morgan fingerprint density at radius 1 is 1.07 bits per heavy atom. The van der Waals surface area contributed by atoms with Gasteiger partial charge in [0, 0.05) is 37.2 Å². The highest BCUT2D eigenvalue weighted by Crippen LogP contribution is 2.41. The number of fused-ring (bicyclic) bond motifs is 1. The summed E-state index contributed by atoms with van der Waals surface area (Å²) in [6.07, 6.45) is 2.33. The average molecular weight is 642 g/mol. The van der Waals surface area contributed by atoms with Gasteiger partial charge in [-0.25, -0.2) is 4.98 Å². The Morgan fingerprint density at radius 3 is 2.53 bits per heavy atom. The number of benzene rings is 2. The molecular weight excluding hydrogens is 610 g/mol. The van der Waals surface area contributed by atoms with Gasteiger partial charge in [-0.2, -0.15) is 23.3 Å². The maximum atomic E-state index is 14.1. The monoisotopic (exact) mass is 641 g/mol. The highest BCUT2D eigenvalue weighted by molar-refractivity contribution is 7.17. The van der Waals surface area contributed by atoms with Crippen molar-refractivity contribution in [3.8, 4) is 11.1 Å². The standard InChI is InChI=1S/C30H31F3N7O4P/c1-39-15-23-22(18-12-35-40(14-18)20-6-8-21(41)9-7-20)10-11-25(26(23)28(39)42)37-27-24(30(31,32)33)13-34-29(38-27)36-19-4-2-17(3-5-19)16-44-45-43/h2-5,10-14,20-21,41H,6-9,15-16,45H2,1H3,(H2,34,36,37,38). The summed E-state index contributed by atoms with van der Waals surface area (Å²) in [6.45, 7) is 0.453. The van der Waals surface area contributed by atoms with Crippen LogP contribution in [0.15, 0.2) is 55.0 Å². The average Bonchev–Trinajstić information content (AvgIpc) is 3.62. The van der Waals surface area contributed by atoms with E-state index >= 15 is 0 Å². The number of carbonyl (C=O) groups excluding carboxylic acids is 1. The number of hydrogen-bond acceptors (Lipinski definition) is 9. The van der Waals surface area contributed by atoms with Crippen molar-refractivity contribution < 1.29 is 32.2 Å². The SMILES string of the molecule is CN1Cc2c(-c3cnn(C4CCC(O)CC4)c3)ccc(Nc3nc(Nc4ccc(CO[PH2]=O)cc4)ncc3C(F)(F)F)c2C1=O. The summed E-state index contributed by atoms with van der Waals surface area (Å²) >= 11 is 0. The molecule has 15 heteroatoms. The van der Waals surface area contributed by atoms with Crippen molar-refractivity contribution in [2.45, 2.75) is 57.2 Å².